The summed E-state index contributed by atoms with van der Waals surface area (Å²) in [4.78, 5) is 14.3. The van der Waals surface area contributed by atoms with Gasteiger partial charge in [0.25, 0.3) is 5.91 Å². The normalized spacial score (nSPS) is 16.4. The van der Waals surface area contributed by atoms with Gasteiger partial charge in [-0.3, -0.25) is 4.79 Å². The summed E-state index contributed by atoms with van der Waals surface area (Å²) in [6.45, 7) is 6.26. The molecule has 1 N–H and O–H groups in total. The minimum Gasteiger partial charge on any atom is -0.336 e. The molecule has 110 valence electrons. The lowest BCUT2D eigenvalue weighted by Gasteiger charge is -2.27. The molecule has 0 bridgehead atoms. The molecular formula is C14H20N2O3S. The monoisotopic (exact) mass is 296 g/mol. The van der Waals surface area contributed by atoms with Gasteiger partial charge >= 0.3 is 0 Å². The van der Waals surface area contributed by atoms with Crippen LogP contribution in [0.15, 0.2) is 29.2 Å². The summed E-state index contributed by atoms with van der Waals surface area (Å²) in [6, 6.07) is 6.23. The molecule has 0 aliphatic carbocycles. The van der Waals surface area contributed by atoms with Crippen LogP contribution in [0.5, 0.6) is 0 Å². The van der Waals surface area contributed by atoms with Gasteiger partial charge in [-0.25, -0.2) is 8.42 Å². The van der Waals surface area contributed by atoms with E-state index in [0.717, 1.165) is 13.1 Å². The Morgan fingerprint density at radius 1 is 1.15 bits per heavy atom. The fourth-order valence-corrected chi connectivity index (χ4v) is 3.17. The number of benzene rings is 1. The number of amides is 1. The predicted octanol–water partition coefficient (Wildman–Crippen LogP) is 0.914. The van der Waals surface area contributed by atoms with E-state index in [2.05, 4.69) is 5.32 Å². The van der Waals surface area contributed by atoms with Crippen molar-refractivity contribution < 1.29 is 13.2 Å². The number of sulfone groups is 1. The number of hydrogen-bond donors (Lipinski definition) is 1. The first kappa shape index (κ1) is 15.0. The largest absolute Gasteiger partial charge is 0.336 e. The molecule has 0 atom stereocenters. The highest BCUT2D eigenvalue weighted by molar-refractivity contribution is 7.92. The van der Waals surface area contributed by atoms with Crippen LogP contribution in [-0.2, 0) is 9.84 Å². The second-order valence-electron chi connectivity index (χ2n) is 5.16. The van der Waals surface area contributed by atoms with Crippen molar-refractivity contribution in [2.24, 2.45) is 0 Å². The molecule has 1 aromatic carbocycles. The van der Waals surface area contributed by atoms with Gasteiger partial charge in [-0.2, -0.15) is 0 Å². The first-order valence-electron chi connectivity index (χ1n) is 6.77. The van der Waals surface area contributed by atoms with Crippen LogP contribution in [0.1, 0.15) is 24.2 Å². The number of rotatable bonds is 3. The SMILES string of the molecule is CC(C)S(=O)(=O)c1ccc(C(=O)N2CCNCC2)cc1. The van der Waals surface area contributed by atoms with E-state index in [1.165, 1.54) is 12.1 Å². The molecule has 0 spiro atoms. The number of piperazine rings is 1. The highest BCUT2D eigenvalue weighted by Gasteiger charge is 2.21. The summed E-state index contributed by atoms with van der Waals surface area (Å²) in [5.74, 6) is -0.0417. The third-order valence-corrected chi connectivity index (χ3v) is 5.63. The van der Waals surface area contributed by atoms with E-state index in [0.29, 0.717) is 18.7 Å². The summed E-state index contributed by atoms with van der Waals surface area (Å²) in [5, 5.41) is 2.73. The molecule has 1 aliphatic heterocycles. The molecule has 2 rings (SSSR count). The standard InChI is InChI=1S/C14H20N2O3S/c1-11(2)20(18,19)13-5-3-12(4-6-13)14(17)16-9-7-15-8-10-16/h3-6,11,15H,7-10H2,1-2H3. The number of carbonyl (C=O) groups excluding carboxylic acids is 1. The number of nitrogens with zero attached hydrogens (tertiary/aromatic N) is 1. The van der Waals surface area contributed by atoms with Gasteiger partial charge in [0.2, 0.25) is 0 Å². The Hall–Kier alpha value is -1.40. The Labute approximate surface area is 119 Å². The zero-order chi connectivity index (χ0) is 14.8. The zero-order valence-corrected chi connectivity index (χ0v) is 12.6. The van der Waals surface area contributed by atoms with Crippen molar-refractivity contribution in [1.29, 1.82) is 0 Å². The second kappa shape index (κ2) is 5.93. The Morgan fingerprint density at radius 2 is 1.70 bits per heavy atom. The van der Waals surface area contributed by atoms with Crippen LogP contribution in [-0.4, -0.2) is 50.7 Å². The van der Waals surface area contributed by atoms with Crippen molar-refractivity contribution in [3.8, 4) is 0 Å². The van der Waals surface area contributed by atoms with E-state index in [-0.39, 0.29) is 10.8 Å². The minimum atomic E-state index is -3.28. The molecule has 1 amide bonds. The molecule has 1 heterocycles. The van der Waals surface area contributed by atoms with Gasteiger partial charge in [0.15, 0.2) is 9.84 Å². The van der Waals surface area contributed by atoms with Crippen LogP contribution in [0.4, 0.5) is 0 Å². The lowest BCUT2D eigenvalue weighted by atomic mass is 10.2. The molecule has 0 aromatic heterocycles. The number of nitrogens with one attached hydrogen (secondary N) is 1. The Bertz CT molecular complexity index is 573. The molecule has 0 unspecified atom stereocenters. The van der Waals surface area contributed by atoms with Gasteiger partial charge in [-0.05, 0) is 38.1 Å². The van der Waals surface area contributed by atoms with Crippen LogP contribution in [0.3, 0.4) is 0 Å². The van der Waals surface area contributed by atoms with E-state index in [4.69, 9.17) is 0 Å². The predicted molar refractivity (Wildman–Crippen MR) is 77.5 cm³/mol. The maximum absolute atomic E-state index is 12.2. The molecule has 20 heavy (non-hydrogen) atoms. The van der Waals surface area contributed by atoms with Gasteiger partial charge < -0.3 is 10.2 Å². The van der Waals surface area contributed by atoms with Gasteiger partial charge in [0.1, 0.15) is 0 Å². The highest BCUT2D eigenvalue weighted by Crippen LogP contribution is 2.17. The average Bonchev–Trinajstić information content (AvgIpc) is 2.47. The third kappa shape index (κ3) is 3.02. The third-order valence-electron chi connectivity index (χ3n) is 3.45. The van der Waals surface area contributed by atoms with Gasteiger partial charge in [-0.15, -0.1) is 0 Å². The second-order valence-corrected chi connectivity index (χ2v) is 7.66. The molecule has 0 saturated carbocycles. The summed E-state index contributed by atoms with van der Waals surface area (Å²) in [5.41, 5.74) is 0.537. The van der Waals surface area contributed by atoms with E-state index < -0.39 is 15.1 Å². The Balaban J connectivity index is 2.18. The fourth-order valence-electron chi connectivity index (χ4n) is 2.11. The average molecular weight is 296 g/mol. The van der Waals surface area contributed by atoms with E-state index in [9.17, 15) is 13.2 Å². The smallest absolute Gasteiger partial charge is 0.253 e. The molecular weight excluding hydrogens is 276 g/mol. The van der Waals surface area contributed by atoms with Crippen molar-refractivity contribution in [2.75, 3.05) is 26.2 Å². The van der Waals surface area contributed by atoms with Crippen molar-refractivity contribution in [1.82, 2.24) is 10.2 Å². The van der Waals surface area contributed by atoms with E-state index >= 15 is 0 Å². The molecule has 1 fully saturated rings. The molecule has 6 heteroatoms. The summed E-state index contributed by atoms with van der Waals surface area (Å²) in [7, 11) is -3.28. The Morgan fingerprint density at radius 3 is 2.20 bits per heavy atom. The van der Waals surface area contributed by atoms with Crippen molar-refractivity contribution >= 4 is 15.7 Å². The zero-order valence-electron chi connectivity index (χ0n) is 11.8. The van der Waals surface area contributed by atoms with E-state index in [1.807, 2.05) is 0 Å². The topological polar surface area (TPSA) is 66.5 Å². The quantitative estimate of drug-likeness (QED) is 0.900. The van der Waals surface area contributed by atoms with Crippen molar-refractivity contribution in [3.63, 3.8) is 0 Å². The molecule has 1 saturated heterocycles. The Kier molecular flexibility index (Phi) is 4.45. The molecule has 5 nitrogen and oxygen atoms in total. The lowest BCUT2D eigenvalue weighted by Crippen LogP contribution is -2.46. The summed E-state index contributed by atoms with van der Waals surface area (Å²) >= 11 is 0. The van der Waals surface area contributed by atoms with Gasteiger partial charge in [-0.1, -0.05) is 0 Å². The number of carbonyl (C=O) groups is 1. The van der Waals surface area contributed by atoms with Crippen LogP contribution >= 0.6 is 0 Å². The van der Waals surface area contributed by atoms with Gasteiger partial charge in [0.05, 0.1) is 10.1 Å². The summed E-state index contributed by atoms with van der Waals surface area (Å²) in [6.07, 6.45) is 0. The van der Waals surface area contributed by atoms with Crippen LogP contribution < -0.4 is 5.32 Å². The molecule has 0 radical (unpaired) electrons. The minimum absolute atomic E-state index is 0.0417. The van der Waals surface area contributed by atoms with Crippen LogP contribution in [0, 0.1) is 0 Å². The van der Waals surface area contributed by atoms with E-state index in [1.54, 1.807) is 30.9 Å². The summed E-state index contributed by atoms with van der Waals surface area (Å²) < 4.78 is 24.0. The van der Waals surface area contributed by atoms with Crippen LogP contribution in [0.2, 0.25) is 0 Å². The fraction of sp³-hybridized carbons (Fsp3) is 0.500. The maximum Gasteiger partial charge on any atom is 0.253 e. The highest BCUT2D eigenvalue weighted by atomic mass is 32.2. The lowest BCUT2D eigenvalue weighted by molar-refractivity contribution is 0.0735. The molecule has 1 aliphatic rings. The first-order valence-corrected chi connectivity index (χ1v) is 8.31. The van der Waals surface area contributed by atoms with Crippen molar-refractivity contribution in [2.45, 2.75) is 24.0 Å². The van der Waals surface area contributed by atoms with Gasteiger partial charge in [0, 0.05) is 31.7 Å². The maximum atomic E-state index is 12.2. The molecule has 1 aromatic rings. The first-order chi connectivity index (χ1) is 9.43. The number of hydrogen-bond acceptors (Lipinski definition) is 4. The van der Waals surface area contributed by atoms with Crippen LogP contribution in [0.25, 0.3) is 0 Å². The van der Waals surface area contributed by atoms with Crippen molar-refractivity contribution in [3.05, 3.63) is 29.8 Å².